The van der Waals surface area contributed by atoms with Crippen molar-refractivity contribution in [2.45, 2.75) is 45.1 Å². The maximum Gasteiger partial charge on any atom is 0.282 e. The second kappa shape index (κ2) is 7.78. The quantitative estimate of drug-likeness (QED) is 0.767. The van der Waals surface area contributed by atoms with Gasteiger partial charge >= 0.3 is 0 Å². The van der Waals surface area contributed by atoms with E-state index in [-0.39, 0.29) is 0 Å². The van der Waals surface area contributed by atoms with E-state index in [2.05, 4.69) is 11.8 Å². The molecule has 3 aliphatic heterocycles. The summed E-state index contributed by atoms with van der Waals surface area (Å²) in [5, 5.41) is 0. The van der Waals surface area contributed by atoms with E-state index >= 15 is 0 Å². The first-order valence-corrected chi connectivity index (χ1v) is 10.5. The van der Waals surface area contributed by atoms with Crippen LogP contribution in [0.15, 0.2) is 0 Å². The molecule has 3 saturated heterocycles. The lowest BCUT2D eigenvalue weighted by atomic mass is 10.0. The number of piperidine rings is 1. The topological polar surface area (TPSA) is 53.1 Å². The zero-order valence-corrected chi connectivity index (χ0v) is 15.1. The van der Waals surface area contributed by atoms with E-state index in [0.29, 0.717) is 38.2 Å². The molecule has 0 aliphatic carbocycles. The van der Waals surface area contributed by atoms with Gasteiger partial charge < -0.3 is 4.74 Å². The van der Waals surface area contributed by atoms with E-state index in [1.165, 1.54) is 0 Å². The Morgan fingerprint density at radius 3 is 2.52 bits per heavy atom. The Kier molecular flexibility index (Phi) is 5.96. The Morgan fingerprint density at radius 1 is 0.957 bits per heavy atom. The molecule has 134 valence electrons. The van der Waals surface area contributed by atoms with Crippen molar-refractivity contribution < 1.29 is 13.2 Å². The van der Waals surface area contributed by atoms with Crippen LogP contribution in [0.5, 0.6) is 0 Å². The zero-order chi connectivity index (χ0) is 16.3. The number of hydrogen-bond donors (Lipinski definition) is 0. The summed E-state index contributed by atoms with van der Waals surface area (Å²) in [7, 11) is -3.28. The molecule has 3 heterocycles. The molecule has 7 heteroatoms. The molecule has 3 fully saturated rings. The van der Waals surface area contributed by atoms with Crippen LogP contribution in [-0.4, -0.2) is 80.5 Å². The molecular formula is C16H31N3O3S. The highest BCUT2D eigenvalue weighted by Crippen LogP contribution is 2.22. The fraction of sp³-hybridized carbons (Fsp3) is 1.00. The average Bonchev–Trinajstić information content (AvgIpc) is 2.91. The standard InChI is InChI=1S/C16H31N3O3S/c1-15-5-2-8-19(13-15)23(20,21)18-9-4-7-17(10-11-18)14-16-6-3-12-22-16/h15-16H,2-14H2,1H3/t15-,16+/m0/s1. The fourth-order valence-electron chi connectivity index (χ4n) is 3.96. The Labute approximate surface area is 140 Å². The molecule has 0 spiro atoms. The van der Waals surface area contributed by atoms with Crippen molar-refractivity contribution in [3.05, 3.63) is 0 Å². The summed E-state index contributed by atoms with van der Waals surface area (Å²) in [6.07, 6.45) is 5.69. The Balaban J connectivity index is 1.55. The third kappa shape index (κ3) is 4.45. The largest absolute Gasteiger partial charge is 0.377 e. The second-order valence-corrected chi connectivity index (χ2v) is 9.23. The molecule has 0 aromatic carbocycles. The van der Waals surface area contributed by atoms with Crippen LogP contribution in [0.3, 0.4) is 0 Å². The predicted octanol–water partition coefficient (Wildman–Crippen LogP) is 1.15. The number of nitrogens with zero attached hydrogens (tertiary/aromatic N) is 3. The highest BCUT2D eigenvalue weighted by molar-refractivity contribution is 7.86. The van der Waals surface area contributed by atoms with Gasteiger partial charge in [-0.3, -0.25) is 4.90 Å². The number of rotatable bonds is 4. The normalized spacial score (nSPS) is 32.9. The summed E-state index contributed by atoms with van der Waals surface area (Å²) < 4.78 is 34.9. The highest BCUT2D eigenvalue weighted by Gasteiger charge is 2.33. The van der Waals surface area contributed by atoms with Crippen LogP contribution < -0.4 is 0 Å². The molecular weight excluding hydrogens is 314 g/mol. The van der Waals surface area contributed by atoms with Crippen LogP contribution in [0.2, 0.25) is 0 Å². The summed E-state index contributed by atoms with van der Waals surface area (Å²) in [5.74, 6) is 0.474. The molecule has 6 nitrogen and oxygen atoms in total. The summed E-state index contributed by atoms with van der Waals surface area (Å²) in [4.78, 5) is 2.38. The van der Waals surface area contributed by atoms with Gasteiger partial charge in [0.15, 0.2) is 0 Å². The highest BCUT2D eigenvalue weighted by atomic mass is 32.2. The van der Waals surface area contributed by atoms with Crippen LogP contribution in [0.25, 0.3) is 0 Å². The molecule has 0 amide bonds. The van der Waals surface area contributed by atoms with E-state index in [1.807, 2.05) is 0 Å². The molecule has 3 rings (SSSR count). The van der Waals surface area contributed by atoms with Gasteiger partial charge in [0.1, 0.15) is 0 Å². The van der Waals surface area contributed by atoms with Crippen molar-refractivity contribution in [3.63, 3.8) is 0 Å². The van der Waals surface area contributed by atoms with Gasteiger partial charge in [-0.15, -0.1) is 0 Å². The fourth-order valence-corrected chi connectivity index (χ4v) is 5.76. The molecule has 0 bridgehead atoms. The lowest BCUT2D eigenvalue weighted by molar-refractivity contribution is 0.0749. The molecule has 3 aliphatic rings. The molecule has 2 atom stereocenters. The van der Waals surface area contributed by atoms with Gasteiger partial charge in [0.05, 0.1) is 6.10 Å². The van der Waals surface area contributed by atoms with E-state index in [0.717, 1.165) is 58.3 Å². The Morgan fingerprint density at radius 2 is 1.78 bits per heavy atom. The zero-order valence-electron chi connectivity index (χ0n) is 14.3. The first-order valence-electron chi connectivity index (χ1n) is 9.15. The summed E-state index contributed by atoms with van der Waals surface area (Å²) in [5.41, 5.74) is 0. The van der Waals surface area contributed by atoms with E-state index in [4.69, 9.17) is 4.74 Å². The minimum Gasteiger partial charge on any atom is -0.377 e. The Bertz CT molecular complexity index is 479. The SMILES string of the molecule is C[C@H]1CCCN(S(=O)(=O)N2CCCN(C[C@H]3CCCO3)CC2)C1. The Hall–Kier alpha value is -0.210. The lowest BCUT2D eigenvalue weighted by Gasteiger charge is -2.34. The molecule has 0 radical (unpaired) electrons. The monoisotopic (exact) mass is 345 g/mol. The van der Waals surface area contributed by atoms with Crippen molar-refractivity contribution in [2.24, 2.45) is 5.92 Å². The minimum atomic E-state index is -3.28. The van der Waals surface area contributed by atoms with Crippen LogP contribution in [0.4, 0.5) is 0 Å². The van der Waals surface area contributed by atoms with Crippen LogP contribution in [0.1, 0.15) is 39.0 Å². The van der Waals surface area contributed by atoms with Crippen LogP contribution in [-0.2, 0) is 14.9 Å². The van der Waals surface area contributed by atoms with Gasteiger partial charge in [-0.2, -0.15) is 17.0 Å². The molecule has 0 unspecified atom stereocenters. The van der Waals surface area contributed by atoms with Crippen LogP contribution >= 0.6 is 0 Å². The first-order chi connectivity index (χ1) is 11.1. The van der Waals surface area contributed by atoms with Gasteiger partial charge in [-0.25, -0.2) is 0 Å². The third-order valence-electron chi connectivity index (χ3n) is 5.31. The van der Waals surface area contributed by atoms with Gasteiger partial charge in [-0.1, -0.05) is 6.92 Å². The predicted molar refractivity (Wildman–Crippen MR) is 90.5 cm³/mol. The van der Waals surface area contributed by atoms with Crippen LogP contribution in [0, 0.1) is 5.92 Å². The average molecular weight is 346 g/mol. The smallest absolute Gasteiger partial charge is 0.282 e. The molecule has 0 N–H and O–H groups in total. The van der Waals surface area contributed by atoms with Crippen molar-refractivity contribution in [1.29, 1.82) is 0 Å². The first kappa shape index (κ1) is 17.6. The van der Waals surface area contributed by atoms with Crippen molar-refractivity contribution in [3.8, 4) is 0 Å². The summed E-state index contributed by atoms with van der Waals surface area (Å²) in [6.45, 7) is 8.40. The number of hydrogen-bond acceptors (Lipinski definition) is 4. The third-order valence-corrected chi connectivity index (χ3v) is 7.31. The van der Waals surface area contributed by atoms with Crippen molar-refractivity contribution >= 4 is 10.2 Å². The molecule has 23 heavy (non-hydrogen) atoms. The van der Waals surface area contributed by atoms with Gasteiger partial charge in [-0.05, 0) is 44.6 Å². The van der Waals surface area contributed by atoms with E-state index in [1.54, 1.807) is 8.61 Å². The maximum atomic E-state index is 12.9. The lowest BCUT2D eigenvalue weighted by Crippen LogP contribution is -2.48. The van der Waals surface area contributed by atoms with Gasteiger partial charge in [0.25, 0.3) is 10.2 Å². The van der Waals surface area contributed by atoms with Gasteiger partial charge in [0.2, 0.25) is 0 Å². The second-order valence-electron chi connectivity index (χ2n) is 7.30. The number of ether oxygens (including phenoxy) is 1. The van der Waals surface area contributed by atoms with E-state index in [9.17, 15) is 8.42 Å². The van der Waals surface area contributed by atoms with Crippen molar-refractivity contribution in [2.75, 3.05) is 52.4 Å². The van der Waals surface area contributed by atoms with E-state index < -0.39 is 10.2 Å². The van der Waals surface area contributed by atoms with Gasteiger partial charge in [0, 0.05) is 45.9 Å². The van der Waals surface area contributed by atoms with Crippen molar-refractivity contribution in [1.82, 2.24) is 13.5 Å². The minimum absolute atomic E-state index is 0.348. The molecule has 0 aromatic rings. The summed E-state index contributed by atoms with van der Waals surface area (Å²) >= 11 is 0. The maximum absolute atomic E-state index is 12.9. The summed E-state index contributed by atoms with van der Waals surface area (Å²) in [6, 6.07) is 0. The molecule has 0 saturated carbocycles. The molecule has 0 aromatic heterocycles.